The Morgan fingerprint density at radius 2 is 1.37 bits per heavy atom. The Hall–Kier alpha value is -3.44. The number of para-hydroxylation sites is 1. The van der Waals surface area contributed by atoms with E-state index < -0.39 is 0 Å². The molecule has 146 valence electrons. The molecule has 0 N–H and O–H groups in total. The number of rotatable bonds is 4. The molecule has 5 heteroatoms. The summed E-state index contributed by atoms with van der Waals surface area (Å²) in [5.74, 6) is -0.538. The summed E-state index contributed by atoms with van der Waals surface area (Å²) in [6.07, 6.45) is 2.04. The third-order valence-electron chi connectivity index (χ3n) is 5.39. The Morgan fingerprint density at radius 1 is 0.767 bits per heavy atom. The first-order chi connectivity index (χ1) is 14.7. The van der Waals surface area contributed by atoms with Crippen LogP contribution in [-0.2, 0) is 6.54 Å². The van der Waals surface area contributed by atoms with Gasteiger partial charge in [0.1, 0.15) is 0 Å². The maximum atomic E-state index is 12.9. The predicted octanol–water partition coefficient (Wildman–Crippen LogP) is 5.42. The molecule has 1 aliphatic heterocycles. The molecule has 0 aliphatic carbocycles. The van der Waals surface area contributed by atoms with E-state index in [0.29, 0.717) is 16.8 Å². The maximum Gasteiger partial charge on any atom is 0.261 e. The highest BCUT2D eigenvalue weighted by atomic mass is 32.2. The average Bonchev–Trinajstić information content (AvgIpc) is 3.03. The molecule has 0 unspecified atom stereocenters. The van der Waals surface area contributed by atoms with Gasteiger partial charge in [0.15, 0.2) is 0 Å². The average molecular weight is 410 g/mol. The topological polar surface area (TPSA) is 50.3 Å². The normalized spacial score (nSPS) is 13.2. The molecule has 1 aromatic heterocycles. The highest BCUT2D eigenvalue weighted by Crippen LogP contribution is 2.35. The summed E-state index contributed by atoms with van der Waals surface area (Å²) < 4.78 is 0. The highest BCUT2D eigenvalue weighted by Gasteiger charge is 2.35. The molecule has 4 nitrogen and oxygen atoms in total. The van der Waals surface area contributed by atoms with E-state index in [9.17, 15) is 9.59 Å². The van der Waals surface area contributed by atoms with E-state index in [1.165, 1.54) is 4.90 Å². The van der Waals surface area contributed by atoms with Gasteiger partial charge in [-0.2, -0.15) is 0 Å². The van der Waals surface area contributed by atoms with Crippen LogP contribution in [0, 0.1) is 0 Å². The monoisotopic (exact) mass is 410 g/mol. The van der Waals surface area contributed by atoms with Gasteiger partial charge in [0, 0.05) is 15.8 Å². The van der Waals surface area contributed by atoms with Crippen molar-refractivity contribution in [3.8, 4) is 11.1 Å². The fourth-order valence-electron chi connectivity index (χ4n) is 3.91. The second kappa shape index (κ2) is 7.43. The molecule has 0 bridgehead atoms. The number of carbonyl (C=O) groups is 2. The SMILES string of the molecule is CSc1ccccc1-c1cc2ccccc2nc1CN1C(=O)c2ccccc2C1=O. The molecule has 3 aromatic carbocycles. The Balaban J connectivity index is 1.66. The number of imide groups is 1. The molecule has 0 spiro atoms. The number of amides is 2. The number of aromatic nitrogens is 1. The van der Waals surface area contributed by atoms with Gasteiger partial charge in [-0.25, -0.2) is 0 Å². The lowest BCUT2D eigenvalue weighted by molar-refractivity contribution is 0.0641. The van der Waals surface area contributed by atoms with Crippen LogP contribution in [0.4, 0.5) is 0 Å². The van der Waals surface area contributed by atoms with Crippen LogP contribution in [0.15, 0.2) is 83.8 Å². The number of nitrogens with zero attached hydrogens (tertiary/aromatic N) is 2. The van der Waals surface area contributed by atoms with E-state index in [0.717, 1.165) is 26.9 Å². The molecule has 0 atom stereocenters. The van der Waals surface area contributed by atoms with Gasteiger partial charge in [0.25, 0.3) is 11.8 Å². The van der Waals surface area contributed by atoms with Crippen LogP contribution in [0.25, 0.3) is 22.0 Å². The van der Waals surface area contributed by atoms with Gasteiger partial charge in [-0.1, -0.05) is 48.5 Å². The van der Waals surface area contributed by atoms with Gasteiger partial charge in [0.05, 0.1) is 28.9 Å². The van der Waals surface area contributed by atoms with Gasteiger partial charge in [0.2, 0.25) is 0 Å². The summed E-state index contributed by atoms with van der Waals surface area (Å²) in [4.78, 5) is 33.1. The van der Waals surface area contributed by atoms with Crippen LogP contribution in [0.2, 0.25) is 0 Å². The van der Waals surface area contributed by atoms with E-state index in [1.807, 2.05) is 42.7 Å². The first kappa shape index (κ1) is 18.6. The molecule has 5 rings (SSSR count). The van der Waals surface area contributed by atoms with Crippen molar-refractivity contribution in [2.45, 2.75) is 11.4 Å². The lowest BCUT2D eigenvalue weighted by Gasteiger charge is -2.18. The van der Waals surface area contributed by atoms with Gasteiger partial charge >= 0.3 is 0 Å². The van der Waals surface area contributed by atoms with Crippen molar-refractivity contribution in [2.75, 3.05) is 6.26 Å². The minimum atomic E-state index is -0.269. The molecular formula is C25H18N2O2S. The molecule has 2 amide bonds. The summed E-state index contributed by atoms with van der Waals surface area (Å²) in [5, 5.41) is 1.02. The summed E-state index contributed by atoms with van der Waals surface area (Å²) in [5.41, 5.74) is 4.45. The van der Waals surface area contributed by atoms with E-state index in [1.54, 1.807) is 36.0 Å². The largest absolute Gasteiger partial charge is 0.269 e. The van der Waals surface area contributed by atoms with Gasteiger partial charge in [-0.05, 0) is 42.2 Å². The van der Waals surface area contributed by atoms with Crippen molar-refractivity contribution in [2.24, 2.45) is 0 Å². The zero-order valence-electron chi connectivity index (χ0n) is 16.3. The van der Waals surface area contributed by atoms with Crippen molar-refractivity contribution in [3.05, 3.63) is 95.7 Å². The zero-order chi connectivity index (χ0) is 20.7. The van der Waals surface area contributed by atoms with Crippen molar-refractivity contribution in [1.82, 2.24) is 9.88 Å². The summed E-state index contributed by atoms with van der Waals surface area (Å²) >= 11 is 1.66. The number of benzene rings is 3. The van der Waals surface area contributed by atoms with Crippen molar-refractivity contribution in [1.29, 1.82) is 0 Å². The third-order valence-corrected chi connectivity index (χ3v) is 6.18. The highest BCUT2D eigenvalue weighted by molar-refractivity contribution is 7.98. The van der Waals surface area contributed by atoms with Crippen LogP contribution in [0.5, 0.6) is 0 Å². The number of pyridine rings is 1. The molecule has 0 radical (unpaired) electrons. The summed E-state index contributed by atoms with van der Waals surface area (Å²) in [6, 6.07) is 25.1. The van der Waals surface area contributed by atoms with Crippen LogP contribution >= 0.6 is 11.8 Å². The second-order valence-corrected chi connectivity index (χ2v) is 7.97. The smallest absolute Gasteiger partial charge is 0.261 e. The van der Waals surface area contributed by atoms with Gasteiger partial charge in [-0.3, -0.25) is 19.5 Å². The molecule has 0 fully saturated rings. The van der Waals surface area contributed by atoms with E-state index in [-0.39, 0.29) is 18.4 Å². The molecule has 0 saturated heterocycles. The Morgan fingerprint density at radius 3 is 2.07 bits per heavy atom. The fourth-order valence-corrected chi connectivity index (χ4v) is 4.52. The third kappa shape index (κ3) is 2.99. The molecule has 1 aliphatic rings. The van der Waals surface area contributed by atoms with E-state index >= 15 is 0 Å². The molecule has 2 heterocycles. The second-order valence-electron chi connectivity index (χ2n) is 7.12. The quantitative estimate of drug-likeness (QED) is 0.333. The number of thioether (sulfide) groups is 1. The van der Waals surface area contributed by atoms with Crippen LogP contribution in [-0.4, -0.2) is 28.0 Å². The summed E-state index contributed by atoms with van der Waals surface area (Å²) in [7, 11) is 0. The molecular weight excluding hydrogens is 392 g/mol. The Bertz CT molecular complexity index is 1280. The van der Waals surface area contributed by atoms with Gasteiger partial charge in [-0.15, -0.1) is 11.8 Å². The number of hydrogen-bond donors (Lipinski definition) is 0. The number of carbonyl (C=O) groups excluding carboxylic acids is 2. The molecule has 4 aromatic rings. The van der Waals surface area contributed by atoms with Crippen molar-refractivity contribution >= 4 is 34.5 Å². The maximum absolute atomic E-state index is 12.9. The number of fused-ring (bicyclic) bond motifs is 2. The van der Waals surface area contributed by atoms with Crippen LogP contribution in [0.1, 0.15) is 26.4 Å². The first-order valence-electron chi connectivity index (χ1n) is 9.64. The van der Waals surface area contributed by atoms with Gasteiger partial charge < -0.3 is 0 Å². The lowest BCUT2D eigenvalue weighted by Crippen LogP contribution is -2.29. The number of hydrogen-bond acceptors (Lipinski definition) is 4. The molecule has 30 heavy (non-hydrogen) atoms. The molecule has 0 saturated carbocycles. The van der Waals surface area contributed by atoms with Crippen molar-refractivity contribution < 1.29 is 9.59 Å². The van der Waals surface area contributed by atoms with E-state index in [2.05, 4.69) is 18.2 Å². The minimum Gasteiger partial charge on any atom is -0.269 e. The van der Waals surface area contributed by atoms with E-state index in [4.69, 9.17) is 4.98 Å². The Labute approximate surface area is 178 Å². The standard InChI is InChI=1S/C25H18N2O2S/c1-30-23-13-7-5-9-17(23)20-14-16-8-2-6-12-21(16)26-22(20)15-27-24(28)18-10-3-4-11-19(18)25(27)29/h2-14H,15H2,1H3. The minimum absolute atomic E-state index is 0.134. The lowest BCUT2D eigenvalue weighted by atomic mass is 10.0. The fraction of sp³-hybridized carbons (Fsp3) is 0.0800. The first-order valence-corrected chi connectivity index (χ1v) is 10.9. The van der Waals surface area contributed by atoms with Crippen molar-refractivity contribution in [3.63, 3.8) is 0 Å². The Kier molecular flexibility index (Phi) is 4.60. The van der Waals surface area contributed by atoms with Crippen LogP contribution in [0.3, 0.4) is 0 Å². The predicted molar refractivity (Wildman–Crippen MR) is 120 cm³/mol. The summed E-state index contributed by atoms with van der Waals surface area (Å²) in [6.45, 7) is 0.134. The zero-order valence-corrected chi connectivity index (χ0v) is 17.1. The van der Waals surface area contributed by atoms with Crippen LogP contribution < -0.4 is 0 Å².